The lowest BCUT2D eigenvalue weighted by molar-refractivity contribution is 0.271. The quantitative estimate of drug-likeness (QED) is 0.871. The van der Waals surface area contributed by atoms with E-state index in [1.807, 2.05) is 6.07 Å². The molecule has 0 spiro atoms. The lowest BCUT2D eigenvalue weighted by Gasteiger charge is -2.33. The molecule has 3 rings (SSSR count). The van der Waals surface area contributed by atoms with Gasteiger partial charge in [-0.05, 0) is 12.6 Å². The molecular weight excluding hydrogens is 294 g/mol. The Morgan fingerprint density at radius 3 is 2.75 bits per heavy atom. The van der Waals surface area contributed by atoms with Crippen molar-refractivity contribution in [2.75, 3.05) is 37.6 Å². The van der Waals surface area contributed by atoms with Gasteiger partial charge in [0.15, 0.2) is 5.82 Å². The highest BCUT2D eigenvalue weighted by Gasteiger charge is 2.19. The molecule has 0 bridgehead atoms. The van der Waals surface area contributed by atoms with Crippen molar-refractivity contribution in [1.82, 2.24) is 19.2 Å². The molecule has 0 unspecified atom stereocenters. The van der Waals surface area contributed by atoms with E-state index in [-0.39, 0.29) is 0 Å². The molecule has 0 radical (unpaired) electrons. The van der Waals surface area contributed by atoms with Crippen molar-refractivity contribution in [3.63, 3.8) is 0 Å². The second-order valence-corrected chi connectivity index (χ2v) is 5.88. The minimum atomic E-state index is 0.607. The summed E-state index contributed by atoms with van der Waals surface area (Å²) in [5.74, 6) is 0.706. The number of anilines is 1. The molecule has 0 aromatic carbocycles. The Balaban J connectivity index is 1.74. The molecule has 0 aliphatic carbocycles. The van der Waals surface area contributed by atoms with Crippen molar-refractivity contribution in [2.45, 2.75) is 6.92 Å². The van der Waals surface area contributed by atoms with Crippen LogP contribution in [0.1, 0.15) is 6.92 Å². The number of hydrogen-bond acceptors (Lipinski definition) is 6. The van der Waals surface area contributed by atoms with Crippen molar-refractivity contribution in [2.24, 2.45) is 0 Å². The lowest BCUT2D eigenvalue weighted by atomic mass is 10.3. The predicted octanol–water partition coefficient (Wildman–Crippen LogP) is 2.40. The van der Waals surface area contributed by atoms with Gasteiger partial charge in [0.05, 0.1) is 5.02 Å². The van der Waals surface area contributed by atoms with Crippen LogP contribution in [0.4, 0.5) is 5.13 Å². The van der Waals surface area contributed by atoms with Gasteiger partial charge in [0.25, 0.3) is 0 Å². The highest BCUT2D eigenvalue weighted by atomic mass is 35.5. The molecule has 1 aliphatic heterocycles. The Morgan fingerprint density at radius 2 is 2.05 bits per heavy atom. The molecule has 0 atom stereocenters. The molecule has 1 aliphatic rings. The lowest BCUT2D eigenvalue weighted by Crippen LogP contribution is -2.46. The molecule has 1 fully saturated rings. The van der Waals surface area contributed by atoms with E-state index in [2.05, 4.69) is 31.1 Å². The van der Waals surface area contributed by atoms with E-state index in [1.54, 1.807) is 12.4 Å². The molecule has 1 saturated heterocycles. The van der Waals surface area contributed by atoms with Crippen molar-refractivity contribution in [1.29, 1.82) is 0 Å². The van der Waals surface area contributed by atoms with Crippen LogP contribution >= 0.6 is 23.1 Å². The maximum Gasteiger partial charge on any atom is 0.205 e. The highest BCUT2D eigenvalue weighted by Crippen LogP contribution is 2.25. The Hall–Kier alpha value is -1.24. The predicted molar refractivity (Wildman–Crippen MR) is 82.5 cm³/mol. The molecule has 106 valence electrons. The van der Waals surface area contributed by atoms with Gasteiger partial charge in [-0.3, -0.25) is 4.98 Å². The van der Waals surface area contributed by atoms with Gasteiger partial charge in [-0.15, -0.1) is 0 Å². The van der Waals surface area contributed by atoms with Crippen LogP contribution in [0.3, 0.4) is 0 Å². The van der Waals surface area contributed by atoms with Gasteiger partial charge >= 0.3 is 0 Å². The van der Waals surface area contributed by atoms with Crippen LogP contribution in [0.5, 0.6) is 0 Å². The van der Waals surface area contributed by atoms with Crippen LogP contribution in [0.2, 0.25) is 5.02 Å². The van der Waals surface area contributed by atoms with E-state index < -0.39 is 0 Å². The molecule has 20 heavy (non-hydrogen) atoms. The number of hydrogen-bond donors (Lipinski definition) is 0. The summed E-state index contributed by atoms with van der Waals surface area (Å²) in [6.07, 6.45) is 3.36. The number of piperazine rings is 1. The fraction of sp³-hybridized carbons (Fsp3) is 0.462. The minimum absolute atomic E-state index is 0.607. The molecule has 3 heterocycles. The van der Waals surface area contributed by atoms with Crippen LogP contribution in [0.15, 0.2) is 18.5 Å². The Bertz CT molecular complexity index is 580. The number of aromatic nitrogens is 3. The minimum Gasteiger partial charge on any atom is -0.344 e. The second-order valence-electron chi connectivity index (χ2n) is 4.71. The van der Waals surface area contributed by atoms with Crippen molar-refractivity contribution < 1.29 is 0 Å². The van der Waals surface area contributed by atoms with Crippen molar-refractivity contribution >= 4 is 28.3 Å². The van der Waals surface area contributed by atoms with E-state index in [4.69, 9.17) is 11.6 Å². The first-order valence-corrected chi connectivity index (χ1v) is 7.83. The van der Waals surface area contributed by atoms with Gasteiger partial charge in [-0.2, -0.15) is 9.36 Å². The molecule has 0 amide bonds. The van der Waals surface area contributed by atoms with Gasteiger partial charge in [-0.25, -0.2) is 0 Å². The van der Waals surface area contributed by atoms with Gasteiger partial charge in [0.2, 0.25) is 5.13 Å². The first-order chi connectivity index (χ1) is 9.76. The fourth-order valence-corrected chi connectivity index (χ4v) is 3.16. The highest BCUT2D eigenvalue weighted by molar-refractivity contribution is 7.09. The monoisotopic (exact) mass is 309 g/mol. The fourth-order valence-electron chi connectivity index (χ4n) is 2.25. The second kappa shape index (κ2) is 6.03. The number of rotatable bonds is 3. The summed E-state index contributed by atoms with van der Waals surface area (Å²) in [7, 11) is 0. The SMILES string of the molecule is CCN1CCN(c2nc(-c3cncc(Cl)c3)ns2)CC1. The van der Waals surface area contributed by atoms with Gasteiger partial charge in [0, 0.05) is 55.7 Å². The van der Waals surface area contributed by atoms with Crippen LogP contribution < -0.4 is 4.90 Å². The van der Waals surface area contributed by atoms with Gasteiger partial charge < -0.3 is 9.80 Å². The number of halogens is 1. The smallest absolute Gasteiger partial charge is 0.205 e. The van der Waals surface area contributed by atoms with E-state index >= 15 is 0 Å². The van der Waals surface area contributed by atoms with Crippen molar-refractivity contribution in [3.05, 3.63) is 23.5 Å². The van der Waals surface area contributed by atoms with E-state index in [0.717, 1.165) is 43.4 Å². The summed E-state index contributed by atoms with van der Waals surface area (Å²) in [4.78, 5) is 13.4. The number of pyridine rings is 1. The molecule has 2 aromatic rings. The van der Waals surface area contributed by atoms with Gasteiger partial charge in [0.1, 0.15) is 0 Å². The topological polar surface area (TPSA) is 45.2 Å². The zero-order valence-corrected chi connectivity index (χ0v) is 12.9. The van der Waals surface area contributed by atoms with Gasteiger partial charge in [-0.1, -0.05) is 18.5 Å². The third kappa shape index (κ3) is 2.92. The first kappa shape index (κ1) is 13.7. The maximum absolute atomic E-state index is 5.95. The normalized spacial score (nSPS) is 16.6. The molecule has 2 aromatic heterocycles. The van der Waals surface area contributed by atoms with Crippen LogP contribution in [-0.4, -0.2) is 52.0 Å². The first-order valence-electron chi connectivity index (χ1n) is 6.68. The van der Waals surface area contributed by atoms with E-state index in [0.29, 0.717) is 10.8 Å². The molecule has 0 N–H and O–H groups in total. The summed E-state index contributed by atoms with van der Waals surface area (Å²) in [5.41, 5.74) is 0.868. The number of likely N-dealkylation sites (N-methyl/N-ethyl adjacent to an activating group) is 1. The third-order valence-corrected chi connectivity index (χ3v) is 4.45. The summed E-state index contributed by atoms with van der Waals surface area (Å²) >= 11 is 7.39. The Morgan fingerprint density at radius 1 is 1.25 bits per heavy atom. The molecule has 0 saturated carbocycles. The van der Waals surface area contributed by atoms with Crippen molar-refractivity contribution in [3.8, 4) is 11.4 Å². The number of nitrogens with zero attached hydrogens (tertiary/aromatic N) is 5. The summed E-state index contributed by atoms with van der Waals surface area (Å²) < 4.78 is 4.42. The van der Waals surface area contributed by atoms with Crippen LogP contribution in [-0.2, 0) is 0 Å². The maximum atomic E-state index is 5.95. The summed E-state index contributed by atoms with van der Waals surface area (Å²) in [5, 5.41) is 1.59. The standard InChI is InChI=1S/C13H16ClN5S/c1-2-18-3-5-19(6-4-18)13-16-12(17-20-13)10-7-11(14)9-15-8-10/h7-9H,2-6H2,1H3. The average molecular weight is 310 g/mol. The summed E-state index contributed by atoms with van der Waals surface area (Å²) in [6, 6.07) is 1.84. The van der Waals surface area contributed by atoms with E-state index in [1.165, 1.54) is 11.5 Å². The Labute approximate surface area is 127 Å². The van der Waals surface area contributed by atoms with Crippen LogP contribution in [0, 0.1) is 0 Å². The zero-order chi connectivity index (χ0) is 13.9. The molecular formula is C13H16ClN5S. The molecule has 7 heteroatoms. The summed E-state index contributed by atoms with van der Waals surface area (Å²) in [6.45, 7) is 7.51. The zero-order valence-electron chi connectivity index (χ0n) is 11.3. The largest absolute Gasteiger partial charge is 0.344 e. The molecule has 5 nitrogen and oxygen atoms in total. The average Bonchev–Trinajstić information content (AvgIpc) is 2.97. The Kier molecular flexibility index (Phi) is 4.14. The third-order valence-electron chi connectivity index (χ3n) is 3.47. The van der Waals surface area contributed by atoms with Crippen LogP contribution in [0.25, 0.3) is 11.4 Å². The van der Waals surface area contributed by atoms with E-state index in [9.17, 15) is 0 Å².